The van der Waals surface area contributed by atoms with Crippen molar-refractivity contribution in [2.45, 2.75) is 12.0 Å². The fourth-order valence-electron chi connectivity index (χ4n) is 2.07. The molecule has 0 saturated heterocycles. The molecule has 1 aliphatic rings. The van der Waals surface area contributed by atoms with Crippen LogP contribution in [-0.4, -0.2) is 38.1 Å². The zero-order valence-electron chi connectivity index (χ0n) is 11.3. The molecular weight excluding hydrogens is 260 g/mol. The van der Waals surface area contributed by atoms with Gasteiger partial charge in [0.1, 0.15) is 6.61 Å². The van der Waals surface area contributed by atoms with Gasteiger partial charge in [0.05, 0.1) is 24.5 Å². The van der Waals surface area contributed by atoms with E-state index in [1.807, 2.05) is 6.07 Å². The lowest BCUT2D eigenvalue weighted by atomic mass is 9.94. The Morgan fingerprint density at radius 1 is 1.55 bits per heavy atom. The smallest absolute Gasteiger partial charge is 0.356 e. The minimum Gasteiger partial charge on any atom is -0.466 e. The average Bonchev–Trinajstić information content (AvgIpc) is 2.92. The summed E-state index contributed by atoms with van der Waals surface area (Å²) in [6, 6.07) is 9.02. The maximum Gasteiger partial charge on any atom is 0.356 e. The van der Waals surface area contributed by atoms with Crippen molar-refractivity contribution in [2.24, 2.45) is 5.16 Å². The van der Waals surface area contributed by atoms with Gasteiger partial charge in [0.25, 0.3) is 5.60 Å². The van der Waals surface area contributed by atoms with E-state index in [4.69, 9.17) is 19.6 Å². The third-order valence-corrected chi connectivity index (χ3v) is 3.04. The lowest BCUT2D eigenvalue weighted by molar-refractivity contribution is -0.172. The molecule has 0 N–H and O–H groups in total. The number of ether oxygens (including phenoxy) is 2. The number of carbonyl (C=O) groups excluding carboxylic acids is 1. The Bertz CT molecular complexity index is 591. The molecule has 0 radical (unpaired) electrons. The fraction of sp³-hybridized carbons (Fsp3) is 0.357. The molecule has 0 aliphatic carbocycles. The van der Waals surface area contributed by atoms with E-state index in [1.54, 1.807) is 18.2 Å². The van der Waals surface area contributed by atoms with Gasteiger partial charge in [0.2, 0.25) is 0 Å². The van der Waals surface area contributed by atoms with Crippen LogP contribution < -0.4 is 0 Å². The number of nitriles is 1. The van der Waals surface area contributed by atoms with Crippen molar-refractivity contribution in [1.29, 1.82) is 5.26 Å². The van der Waals surface area contributed by atoms with Crippen LogP contribution in [0.4, 0.5) is 0 Å². The molecule has 0 amide bonds. The number of rotatable bonds is 4. The van der Waals surface area contributed by atoms with E-state index in [2.05, 4.69) is 11.2 Å². The molecule has 0 fully saturated rings. The molecule has 1 unspecified atom stereocenters. The second-order valence-corrected chi connectivity index (χ2v) is 4.42. The SMILES string of the molecule is COCC1(C(=O)OC)CC(c2cccc(C#N)c2)=NO1. The standard InChI is InChI=1S/C14H14N2O4/c1-18-9-14(13(17)19-2)7-12(16-20-14)11-5-3-4-10(6-11)8-15/h3-6H,7,9H2,1-2H3. The highest BCUT2D eigenvalue weighted by Crippen LogP contribution is 2.28. The third kappa shape index (κ3) is 2.49. The van der Waals surface area contributed by atoms with Gasteiger partial charge in [0, 0.05) is 19.1 Å². The van der Waals surface area contributed by atoms with Crippen LogP contribution in [0.3, 0.4) is 0 Å². The van der Waals surface area contributed by atoms with Crippen molar-refractivity contribution >= 4 is 11.7 Å². The van der Waals surface area contributed by atoms with Crippen LogP contribution >= 0.6 is 0 Å². The molecule has 20 heavy (non-hydrogen) atoms. The first-order valence-electron chi connectivity index (χ1n) is 5.98. The van der Waals surface area contributed by atoms with E-state index in [1.165, 1.54) is 14.2 Å². The van der Waals surface area contributed by atoms with Gasteiger partial charge in [-0.25, -0.2) is 4.79 Å². The predicted octanol–water partition coefficient (Wildman–Crippen LogP) is 1.24. The Hall–Kier alpha value is -2.39. The van der Waals surface area contributed by atoms with Crippen LogP contribution in [0.2, 0.25) is 0 Å². The lowest BCUT2D eigenvalue weighted by Gasteiger charge is -2.22. The van der Waals surface area contributed by atoms with Gasteiger partial charge in [-0.3, -0.25) is 0 Å². The minimum absolute atomic E-state index is 0.0462. The quantitative estimate of drug-likeness (QED) is 0.772. The maximum absolute atomic E-state index is 11.9. The van der Waals surface area contributed by atoms with Crippen LogP contribution in [0.5, 0.6) is 0 Å². The highest BCUT2D eigenvalue weighted by molar-refractivity contribution is 6.05. The first kappa shape index (κ1) is 14.0. The van der Waals surface area contributed by atoms with Crippen molar-refractivity contribution < 1.29 is 19.1 Å². The Balaban J connectivity index is 2.25. The van der Waals surface area contributed by atoms with E-state index in [0.29, 0.717) is 11.3 Å². The normalized spacial score (nSPS) is 20.8. The van der Waals surface area contributed by atoms with Gasteiger partial charge in [0.15, 0.2) is 0 Å². The number of hydrogen-bond donors (Lipinski definition) is 0. The summed E-state index contributed by atoms with van der Waals surface area (Å²) in [6.07, 6.45) is 0.238. The van der Waals surface area contributed by atoms with Crippen LogP contribution in [0.15, 0.2) is 29.4 Å². The van der Waals surface area contributed by atoms with Crippen molar-refractivity contribution in [3.8, 4) is 6.07 Å². The highest BCUT2D eigenvalue weighted by atomic mass is 16.7. The zero-order valence-corrected chi connectivity index (χ0v) is 11.3. The molecule has 6 heteroatoms. The highest BCUT2D eigenvalue weighted by Gasteiger charge is 2.48. The topological polar surface area (TPSA) is 80.9 Å². The summed E-state index contributed by atoms with van der Waals surface area (Å²) in [4.78, 5) is 17.2. The maximum atomic E-state index is 11.9. The van der Waals surface area contributed by atoms with Gasteiger partial charge in [-0.15, -0.1) is 0 Å². The summed E-state index contributed by atoms with van der Waals surface area (Å²) in [5.41, 5.74) is 0.601. The summed E-state index contributed by atoms with van der Waals surface area (Å²) in [5.74, 6) is -0.533. The van der Waals surface area contributed by atoms with Crippen LogP contribution in [-0.2, 0) is 19.1 Å². The number of hydrogen-bond acceptors (Lipinski definition) is 6. The summed E-state index contributed by atoms with van der Waals surface area (Å²) < 4.78 is 9.78. The predicted molar refractivity (Wildman–Crippen MR) is 70.0 cm³/mol. The number of nitrogens with zero attached hydrogens (tertiary/aromatic N) is 2. The van der Waals surface area contributed by atoms with Gasteiger partial charge in [-0.2, -0.15) is 5.26 Å². The van der Waals surface area contributed by atoms with Crippen molar-refractivity contribution in [3.05, 3.63) is 35.4 Å². The Morgan fingerprint density at radius 2 is 2.35 bits per heavy atom. The molecule has 1 heterocycles. The second-order valence-electron chi connectivity index (χ2n) is 4.42. The van der Waals surface area contributed by atoms with Gasteiger partial charge in [-0.1, -0.05) is 17.3 Å². The number of carbonyl (C=O) groups is 1. The first-order chi connectivity index (χ1) is 9.65. The van der Waals surface area contributed by atoms with E-state index >= 15 is 0 Å². The summed E-state index contributed by atoms with van der Waals surface area (Å²) >= 11 is 0. The number of oxime groups is 1. The first-order valence-corrected chi connectivity index (χ1v) is 5.98. The van der Waals surface area contributed by atoms with Gasteiger partial charge >= 0.3 is 5.97 Å². The number of methoxy groups -OCH3 is 2. The Kier molecular flexibility index (Phi) is 4.01. The van der Waals surface area contributed by atoms with Crippen molar-refractivity contribution in [2.75, 3.05) is 20.8 Å². The largest absolute Gasteiger partial charge is 0.466 e. The summed E-state index contributed by atoms with van der Waals surface area (Å²) in [6.45, 7) is 0.0462. The Labute approximate surface area is 116 Å². The van der Waals surface area contributed by atoms with Gasteiger partial charge < -0.3 is 14.3 Å². The lowest BCUT2D eigenvalue weighted by Crippen LogP contribution is -2.44. The molecule has 0 saturated carbocycles. The molecular formula is C14H14N2O4. The van der Waals surface area contributed by atoms with E-state index in [0.717, 1.165) is 5.56 Å². The molecule has 0 bridgehead atoms. The molecule has 6 nitrogen and oxygen atoms in total. The van der Waals surface area contributed by atoms with Crippen molar-refractivity contribution in [3.63, 3.8) is 0 Å². The van der Waals surface area contributed by atoms with E-state index in [-0.39, 0.29) is 13.0 Å². The van der Waals surface area contributed by atoms with Gasteiger partial charge in [-0.05, 0) is 12.1 Å². The van der Waals surface area contributed by atoms with Crippen LogP contribution in [0.25, 0.3) is 0 Å². The third-order valence-electron chi connectivity index (χ3n) is 3.04. The number of esters is 1. The molecule has 2 rings (SSSR count). The summed E-state index contributed by atoms with van der Waals surface area (Å²) in [7, 11) is 2.76. The average molecular weight is 274 g/mol. The van der Waals surface area contributed by atoms with Crippen LogP contribution in [0, 0.1) is 11.3 Å². The van der Waals surface area contributed by atoms with E-state index < -0.39 is 11.6 Å². The second kappa shape index (κ2) is 5.72. The molecule has 0 spiro atoms. The minimum atomic E-state index is -1.25. The number of benzene rings is 1. The van der Waals surface area contributed by atoms with Crippen LogP contribution in [0.1, 0.15) is 17.5 Å². The molecule has 1 aliphatic heterocycles. The molecule has 104 valence electrons. The molecule has 1 aromatic rings. The monoisotopic (exact) mass is 274 g/mol. The zero-order chi connectivity index (χ0) is 14.6. The molecule has 0 aromatic heterocycles. The Morgan fingerprint density at radius 3 is 3.00 bits per heavy atom. The van der Waals surface area contributed by atoms with Crippen molar-refractivity contribution in [1.82, 2.24) is 0 Å². The molecule has 1 atom stereocenters. The summed E-state index contributed by atoms with van der Waals surface area (Å²) in [5, 5.41) is 12.9. The fourth-order valence-corrected chi connectivity index (χ4v) is 2.07. The molecule has 1 aromatic carbocycles. The van der Waals surface area contributed by atoms with E-state index in [9.17, 15) is 4.79 Å².